The summed E-state index contributed by atoms with van der Waals surface area (Å²) in [4.78, 5) is 24.4. The van der Waals surface area contributed by atoms with Crippen LogP contribution in [0.4, 0.5) is 0 Å². The van der Waals surface area contributed by atoms with E-state index in [1.807, 2.05) is 0 Å². The van der Waals surface area contributed by atoms with Gasteiger partial charge in [0.25, 0.3) is 0 Å². The van der Waals surface area contributed by atoms with E-state index in [1.54, 1.807) is 30.3 Å². The van der Waals surface area contributed by atoms with E-state index in [0.29, 0.717) is 13.0 Å². The highest BCUT2D eigenvalue weighted by molar-refractivity contribution is 7.89. The van der Waals surface area contributed by atoms with E-state index in [2.05, 4.69) is 10.6 Å². The van der Waals surface area contributed by atoms with Crippen molar-refractivity contribution in [2.75, 3.05) is 13.1 Å². The molecule has 2 amide bonds. The van der Waals surface area contributed by atoms with Crippen LogP contribution in [0.25, 0.3) is 0 Å². The molecule has 1 aliphatic carbocycles. The summed E-state index contributed by atoms with van der Waals surface area (Å²) in [5.74, 6) is -1.32. The van der Waals surface area contributed by atoms with Crippen molar-refractivity contribution in [1.82, 2.24) is 14.9 Å². The summed E-state index contributed by atoms with van der Waals surface area (Å²) in [6.45, 7) is 0.565. The fraction of sp³-hybridized carbons (Fsp3) is 0.579. The normalized spacial score (nSPS) is 21.7. The summed E-state index contributed by atoms with van der Waals surface area (Å²) in [5.41, 5.74) is 0. The summed E-state index contributed by atoms with van der Waals surface area (Å²) in [6.07, 6.45) is 6.53. The Bertz CT molecular complexity index is 760. The van der Waals surface area contributed by atoms with Crippen molar-refractivity contribution >= 4 is 21.8 Å². The molecule has 1 saturated heterocycles. The quantitative estimate of drug-likeness (QED) is 0.740. The lowest BCUT2D eigenvalue weighted by atomic mass is 9.95. The van der Waals surface area contributed by atoms with Crippen LogP contribution in [-0.2, 0) is 19.6 Å². The van der Waals surface area contributed by atoms with Crippen LogP contribution < -0.4 is 10.6 Å². The molecule has 1 saturated carbocycles. The molecule has 2 aliphatic rings. The summed E-state index contributed by atoms with van der Waals surface area (Å²) in [7, 11) is -3.60. The van der Waals surface area contributed by atoms with Crippen LogP contribution in [-0.4, -0.2) is 49.7 Å². The van der Waals surface area contributed by atoms with Gasteiger partial charge in [0.15, 0.2) is 0 Å². The molecular formula is C19H27N3O4S. The van der Waals surface area contributed by atoms with Gasteiger partial charge < -0.3 is 10.6 Å². The molecule has 0 aromatic heterocycles. The summed E-state index contributed by atoms with van der Waals surface area (Å²) < 4.78 is 27.1. The zero-order valence-electron chi connectivity index (χ0n) is 15.4. The number of carbonyl (C=O) groups is 2. The average molecular weight is 394 g/mol. The predicted octanol–water partition coefficient (Wildman–Crippen LogP) is 1.40. The molecule has 27 heavy (non-hydrogen) atoms. The number of nitrogens with zero attached hydrogens (tertiary/aromatic N) is 1. The molecule has 0 unspecified atom stereocenters. The van der Waals surface area contributed by atoms with E-state index in [4.69, 9.17) is 0 Å². The van der Waals surface area contributed by atoms with Crippen LogP contribution in [0.3, 0.4) is 0 Å². The van der Waals surface area contributed by atoms with Crippen molar-refractivity contribution in [1.29, 1.82) is 0 Å². The van der Waals surface area contributed by atoms with Crippen molar-refractivity contribution in [2.24, 2.45) is 0 Å². The van der Waals surface area contributed by atoms with Gasteiger partial charge in [0.05, 0.1) is 4.90 Å². The van der Waals surface area contributed by atoms with E-state index < -0.39 is 21.8 Å². The van der Waals surface area contributed by atoms with Crippen LogP contribution >= 0.6 is 0 Å². The number of sulfonamides is 1. The Labute approximate surface area is 160 Å². The lowest BCUT2D eigenvalue weighted by molar-refractivity contribution is -0.139. The van der Waals surface area contributed by atoms with Crippen LogP contribution in [0, 0.1) is 0 Å². The maximum absolute atomic E-state index is 12.8. The molecule has 8 heteroatoms. The fourth-order valence-corrected chi connectivity index (χ4v) is 5.56. The molecule has 1 aromatic carbocycles. The third-order valence-corrected chi connectivity index (χ3v) is 7.28. The maximum Gasteiger partial charge on any atom is 0.309 e. The number of rotatable bonds is 5. The smallest absolute Gasteiger partial charge is 0.309 e. The molecule has 0 bridgehead atoms. The standard InChI is InChI=1S/C19H27N3O4S/c23-18(19(24)21-15-8-3-1-4-9-15)20-14-16-10-7-13-22(16)27(25,26)17-11-5-2-6-12-17/h2,5-6,11-12,15-16H,1,3-4,7-10,13-14H2,(H,20,23)(H,21,24)/t16-/m1/s1. The Kier molecular flexibility index (Phi) is 6.49. The van der Waals surface area contributed by atoms with Gasteiger partial charge in [-0.25, -0.2) is 8.42 Å². The number of hydrogen-bond acceptors (Lipinski definition) is 4. The lowest BCUT2D eigenvalue weighted by Gasteiger charge is -2.25. The Balaban J connectivity index is 1.55. The molecule has 1 heterocycles. The Morgan fingerprint density at radius 2 is 1.67 bits per heavy atom. The predicted molar refractivity (Wildman–Crippen MR) is 101 cm³/mol. The third kappa shape index (κ3) is 4.87. The minimum absolute atomic E-state index is 0.0680. The van der Waals surface area contributed by atoms with Crippen LogP contribution in [0.2, 0.25) is 0 Å². The Hall–Kier alpha value is -1.93. The number of hydrogen-bond donors (Lipinski definition) is 2. The highest BCUT2D eigenvalue weighted by Gasteiger charge is 2.35. The third-order valence-electron chi connectivity index (χ3n) is 5.32. The molecule has 3 rings (SSSR count). The summed E-state index contributed by atoms with van der Waals surface area (Å²) in [6, 6.07) is 8.03. The molecular weight excluding hydrogens is 366 g/mol. The molecule has 2 fully saturated rings. The first-order valence-corrected chi connectivity index (χ1v) is 11.1. The summed E-state index contributed by atoms with van der Waals surface area (Å²) >= 11 is 0. The minimum atomic E-state index is -3.60. The van der Waals surface area contributed by atoms with Gasteiger partial charge in [-0.1, -0.05) is 37.5 Å². The zero-order chi connectivity index (χ0) is 19.3. The Morgan fingerprint density at radius 3 is 2.37 bits per heavy atom. The highest BCUT2D eigenvalue weighted by atomic mass is 32.2. The van der Waals surface area contributed by atoms with Gasteiger partial charge in [0, 0.05) is 25.2 Å². The molecule has 148 valence electrons. The Morgan fingerprint density at radius 1 is 0.963 bits per heavy atom. The first-order valence-electron chi connectivity index (χ1n) is 9.64. The molecule has 1 aromatic rings. The molecule has 1 atom stereocenters. The monoisotopic (exact) mass is 393 g/mol. The van der Waals surface area contributed by atoms with Gasteiger partial charge in [-0.2, -0.15) is 4.31 Å². The second-order valence-electron chi connectivity index (χ2n) is 7.24. The van der Waals surface area contributed by atoms with Crippen LogP contribution in [0.5, 0.6) is 0 Å². The SMILES string of the molecule is O=C(NC[C@H]1CCCN1S(=O)(=O)c1ccccc1)C(=O)NC1CCCCC1. The van der Waals surface area contributed by atoms with Crippen molar-refractivity contribution in [3.8, 4) is 0 Å². The number of nitrogens with one attached hydrogen (secondary N) is 2. The van der Waals surface area contributed by atoms with E-state index in [0.717, 1.165) is 32.1 Å². The number of benzene rings is 1. The molecule has 0 spiro atoms. The summed E-state index contributed by atoms with van der Waals surface area (Å²) in [5, 5.41) is 5.39. The number of amides is 2. The van der Waals surface area contributed by atoms with Gasteiger partial charge in [0.2, 0.25) is 10.0 Å². The second-order valence-corrected chi connectivity index (χ2v) is 9.13. The van der Waals surface area contributed by atoms with E-state index in [9.17, 15) is 18.0 Å². The van der Waals surface area contributed by atoms with Crippen LogP contribution in [0.1, 0.15) is 44.9 Å². The molecule has 2 N–H and O–H groups in total. The highest BCUT2D eigenvalue weighted by Crippen LogP contribution is 2.25. The van der Waals surface area contributed by atoms with E-state index >= 15 is 0 Å². The van der Waals surface area contributed by atoms with Crippen LogP contribution in [0.15, 0.2) is 35.2 Å². The van der Waals surface area contributed by atoms with Crippen molar-refractivity contribution in [2.45, 2.75) is 61.9 Å². The van der Waals surface area contributed by atoms with E-state index in [1.165, 1.54) is 10.7 Å². The van der Waals surface area contributed by atoms with Crippen molar-refractivity contribution < 1.29 is 18.0 Å². The van der Waals surface area contributed by atoms with E-state index in [-0.39, 0.29) is 23.5 Å². The topological polar surface area (TPSA) is 95.6 Å². The van der Waals surface area contributed by atoms with Crippen molar-refractivity contribution in [3.63, 3.8) is 0 Å². The first kappa shape index (κ1) is 19.8. The van der Waals surface area contributed by atoms with Gasteiger partial charge in [0.1, 0.15) is 0 Å². The zero-order valence-corrected chi connectivity index (χ0v) is 16.2. The van der Waals surface area contributed by atoms with Crippen molar-refractivity contribution in [3.05, 3.63) is 30.3 Å². The van der Waals surface area contributed by atoms with Gasteiger partial charge >= 0.3 is 11.8 Å². The largest absolute Gasteiger partial charge is 0.346 e. The average Bonchev–Trinajstić information content (AvgIpc) is 3.17. The molecule has 0 radical (unpaired) electrons. The second kappa shape index (κ2) is 8.84. The van der Waals surface area contributed by atoms with Gasteiger partial charge in [-0.3, -0.25) is 9.59 Å². The van der Waals surface area contributed by atoms with Gasteiger partial charge in [-0.15, -0.1) is 0 Å². The lowest BCUT2D eigenvalue weighted by Crippen LogP contribution is -2.49. The fourth-order valence-electron chi connectivity index (χ4n) is 3.85. The molecule has 1 aliphatic heterocycles. The molecule has 7 nitrogen and oxygen atoms in total. The van der Waals surface area contributed by atoms with Gasteiger partial charge in [-0.05, 0) is 37.8 Å². The first-order chi connectivity index (χ1) is 13.0. The minimum Gasteiger partial charge on any atom is -0.346 e. The maximum atomic E-state index is 12.8. The number of carbonyl (C=O) groups excluding carboxylic acids is 2.